The number of allylic oxidation sites excluding steroid dienone is 1. The van der Waals surface area contributed by atoms with Gasteiger partial charge in [0.15, 0.2) is 0 Å². The maximum atomic E-state index is 9.87. The molecule has 0 spiro atoms. The van der Waals surface area contributed by atoms with Crippen molar-refractivity contribution in [3.63, 3.8) is 0 Å². The molecule has 50 valence electrons. The molecule has 1 aromatic rings. The maximum absolute atomic E-state index is 9.87. The molecule has 0 aromatic carbocycles. The number of aromatic nitrogens is 1. The van der Waals surface area contributed by atoms with Crippen molar-refractivity contribution in [2.75, 3.05) is 0 Å². The number of pyridine rings is 1. The van der Waals surface area contributed by atoms with Crippen molar-refractivity contribution in [3.8, 4) is 0 Å². The Morgan fingerprint density at radius 1 is 1.50 bits per heavy atom. The second-order valence-electron chi connectivity index (χ2n) is 1.78. The van der Waals surface area contributed by atoms with Crippen LogP contribution in [0.15, 0.2) is 30.6 Å². The Morgan fingerprint density at radius 2 is 2.40 bits per heavy atom. The van der Waals surface area contributed by atoms with Crippen LogP contribution in [0.3, 0.4) is 0 Å². The summed E-state index contributed by atoms with van der Waals surface area (Å²) in [5.41, 5.74) is 0.939. The van der Waals surface area contributed by atoms with Crippen molar-refractivity contribution in [1.29, 1.82) is 0 Å². The third-order valence-electron chi connectivity index (χ3n) is 1.05. The predicted molar refractivity (Wildman–Crippen MR) is 39.3 cm³/mol. The molecule has 0 radical (unpaired) electrons. The van der Waals surface area contributed by atoms with Gasteiger partial charge in [0.1, 0.15) is 6.29 Å². The van der Waals surface area contributed by atoms with E-state index >= 15 is 0 Å². The molecule has 0 fully saturated rings. The Hall–Kier alpha value is -1.44. The largest absolute Gasteiger partial charge is 0.299 e. The lowest BCUT2D eigenvalue weighted by molar-refractivity contribution is -0.104. The molecule has 1 rings (SSSR count). The van der Waals surface area contributed by atoms with E-state index in [1.165, 1.54) is 6.08 Å². The highest BCUT2D eigenvalue weighted by atomic mass is 16.1. The summed E-state index contributed by atoms with van der Waals surface area (Å²) in [5.74, 6) is 0. The van der Waals surface area contributed by atoms with Crippen molar-refractivity contribution in [2.24, 2.45) is 0 Å². The van der Waals surface area contributed by atoms with E-state index in [2.05, 4.69) is 4.98 Å². The summed E-state index contributed by atoms with van der Waals surface area (Å²) < 4.78 is 0. The van der Waals surface area contributed by atoms with E-state index in [-0.39, 0.29) is 0 Å². The standard InChI is InChI=1S/C8H7NO/c10-6-2-4-8-3-1-5-9-7-8/h1-7H/b4-2+. The van der Waals surface area contributed by atoms with E-state index in [9.17, 15) is 4.79 Å². The molecule has 0 aliphatic heterocycles. The molecule has 0 amide bonds. The first kappa shape index (κ1) is 6.68. The van der Waals surface area contributed by atoms with Crippen LogP contribution in [-0.2, 0) is 4.79 Å². The molecule has 10 heavy (non-hydrogen) atoms. The van der Waals surface area contributed by atoms with E-state index in [0.717, 1.165) is 11.8 Å². The number of hydrogen-bond donors (Lipinski definition) is 0. The van der Waals surface area contributed by atoms with Gasteiger partial charge in [-0.1, -0.05) is 12.1 Å². The van der Waals surface area contributed by atoms with Crippen LogP contribution in [0.2, 0.25) is 0 Å². The van der Waals surface area contributed by atoms with Gasteiger partial charge in [-0.3, -0.25) is 9.78 Å². The highest BCUT2D eigenvalue weighted by molar-refractivity contribution is 5.73. The predicted octanol–water partition coefficient (Wildman–Crippen LogP) is 1.29. The number of rotatable bonds is 2. The molecule has 1 aromatic heterocycles. The fraction of sp³-hybridized carbons (Fsp3) is 0. The van der Waals surface area contributed by atoms with Gasteiger partial charge >= 0.3 is 0 Å². The molecule has 0 atom stereocenters. The van der Waals surface area contributed by atoms with Crippen LogP contribution in [0, 0.1) is 0 Å². The second kappa shape index (κ2) is 3.56. The zero-order valence-electron chi connectivity index (χ0n) is 5.40. The number of nitrogens with zero attached hydrogens (tertiary/aromatic N) is 1. The van der Waals surface area contributed by atoms with Gasteiger partial charge < -0.3 is 0 Å². The van der Waals surface area contributed by atoms with E-state index in [0.29, 0.717) is 0 Å². The van der Waals surface area contributed by atoms with Crippen molar-refractivity contribution in [2.45, 2.75) is 0 Å². The summed E-state index contributed by atoms with van der Waals surface area (Å²) in [7, 11) is 0. The smallest absolute Gasteiger partial charge is 0.142 e. The van der Waals surface area contributed by atoms with Crippen LogP contribution in [0.4, 0.5) is 0 Å². The third kappa shape index (κ3) is 1.82. The molecule has 0 aliphatic carbocycles. The van der Waals surface area contributed by atoms with Gasteiger partial charge in [0.25, 0.3) is 0 Å². The lowest BCUT2D eigenvalue weighted by Gasteiger charge is -1.86. The van der Waals surface area contributed by atoms with Gasteiger partial charge in [0, 0.05) is 12.4 Å². The quantitative estimate of drug-likeness (QED) is 0.449. The fourth-order valence-electron chi connectivity index (χ4n) is 0.625. The number of aldehydes is 1. The number of hydrogen-bond acceptors (Lipinski definition) is 2. The molecule has 0 N–H and O–H groups in total. The van der Waals surface area contributed by atoms with E-state index in [1.807, 2.05) is 12.1 Å². The van der Waals surface area contributed by atoms with Gasteiger partial charge in [-0.25, -0.2) is 0 Å². The molecule has 2 nitrogen and oxygen atoms in total. The van der Waals surface area contributed by atoms with Crippen LogP contribution in [0.5, 0.6) is 0 Å². The van der Waals surface area contributed by atoms with Gasteiger partial charge in [-0.05, 0) is 17.7 Å². The lowest BCUT2D eigenvalue weighted by Crippen LogP contribution is -1.72. The van der Waals surface area contributed by atoms with Gasteiger partial charge in [0.05, 0.1) is 0 Å². The van der Waals surface area contributed by atoms with Gasteiger partial charge in [-0.15, -0.1) is 0 Å². The van der Waals surface area contributed by atoms with Crippen molar-refractivity contribution in [3.05, 3.63) is 36.2 Å². The highest BCUT2D eigenvalue weighted by Crippen LogP contribution is 1.96. The summed E-state index contributed by atoms with van der Waals surface area (Å²) in [6.07, 6.45) is 7.28. The highest BCUT2D eigenvalue weighted by Gasteiger charge is 1.80. The van der Waals surface area contributed by atoms with Crippen LogP contribution < -0.4 is 0 Å². The molecule has 0 unspecified atom stereocenters. The molecular weight excluding hydrogens is 126 g/mol. The van der Waals surface area contributed by atoms with Crippen molar-refractivity contribution < 1.29 is 4.79 Å². The SMILES string of the molecule is O=C/C=C/c1cccnc1. The zero-order chi connectivity index (χ0) is 7.23. The molecule has 0 aliphatic rings. The molecule has 0 bridgehead atoms. The second-order valence-corrected chi connectivity index (χ2v) is 1.78. The van der Waals surface area contributed by atoms with Crippen LogP contribution >= 0.6 is 0 Å². The number of carbonyl (C=O) groups is 1. The van der Waals surface area contributed by atoms with Gasteiger partial charge in [-0.2, -0.15) is 0 Å². The average Bonchev–Trinajstić information content (AvgIpc) is 2.03. The summed E-state index contributed by atoms with van der Waals surface area (Å²) >= 11 is 0. The first-order chi connectivity index (χ1) is 4.93. The van der Waals surface area contributed by atoms with Crippen LogP contribution in [-0.4, -0.2) is 11.3 Å². The monoisotopic (exact) mass is 133 g/mol. The minimum Gasteiger partial charge on any atom is -0.299 e. The first-order valence-corrected chi connectivity index (χ1v) is 2.95. The minimum atomic E-state index is 0.743. The average molecular weight is 133 g/mol. The molecule has 2 heteroatoms. The molecule has 0 saturated heterocycles. The summed E-state index contributed by atoms with van der Waals surface area (Å²) in [6, 6.07) is 3.71. The normalized spacial score (nSPS) is 10.0. The fourth-order valence-corrected chi connectivity index (χ4v) is 0.625. The number of carbonyl (C=O) groups excluding carboxylic acids is 1. The molecule has 1 heterocycles. The Morgan fingerprint density at radius 3 is 3.00 bits per heavy atom. The topological polar surface area (TPSA) is 30.0 Å². The lowest BCUT2D eigenvalue weighted by atomic mass is 10.3. The van der Waals surface area contributed by atoms with E-state index in [4.69, 9.17) is 0 Å². The first-order valence-electron chi connectivity index (χ1n) is 2.95. The van der Waals surface area contributed by atoms with Gasteiger partial charge in [0.2, 0.25) is 0 Å². The zero-order valence-corrected chi connectivity index (χ0v) is 5.40. The Labute approximate surface area is 59.2 Å². The molecular formula is C8H7NO. The van der Waals surface area contributed by atoms with Crippen LogP contribution in [0.1, 0.15) is 5.56 Å². The van der Waals surface area contributed by atoms with Crippen molar-refractivity contribution >= 4 is 12.4 Å². The Kier molecular flexibility index (Phi) is 2.38. The Balaban J connectivity index is 2.76. The molecule has 0 saturated carbocycles. The van der Waals surface area contributed by atoms with Crippen molar-refractivity contribution in [1.82, 2.24) is 4.98 Å². The summed E-state index contributed by atoms with van der Waals surface area (Å²) in [6.45, 7) is 0. The minimum absolute atomic E-state index is 0.743. The third-order valence-corrected chi connectivity index (χ3v) is 1.05. The van der Waals surface area contributed by atoms with Crippen LogP contribution in [0.25, 0.3) is 6.08 Å². The summed E-state index contributed by atoms with van der Waals surface area (Å²) in [4.78, 5) is 13.7. The summed E-state index contributed by atoms with van der Waals surface area (Å²) in [5, 5.41) is 0. The maximum Gasteiger partial charge on any atom is 0.142 e. The van der Waals surface area contributed by atoms with E-state index in [1.54, 1.807) is 18.5 Å². The Bertz CT molecular complexity index is 228. The van der Waals surface area contributed by atoms with E-state index < -0.39 is 0 Å².